The second-order valence-electron chi connectivity index (χ2n) is 9.02. The topological polar surface area (TPSA) is 0 Å². The van der Waals surface area contributed by atoms with Gasteiger partial charge in [-0.15, -0.1) is 0 Å². The Kier molecular flexibility index (Phi) is 6.36. The van der Waals surface area contributed by atoms with E-state index in [2.05, 4.69) is 13.0 Å². The van der Waals surface area contributed by atoms with Crippen LogP contribution in [0.3, 0.4) is 0 Å². The molecule has 0 N–H and O–H groups in total. The van der Waals surface area contributed by atoms with Crippen molar-refractivity contribution in [1.82, 2.24) is 0 Å². The zero-order valence-corrected chi connectivity index (χ0v) is 18.0. The fraction of sp³-hybridized carbons (Fsp3) is 0.481. The highest BCUT2D eigenvalue weighted by Gasteiger charge is 2.26. The largest absolute Gasteiger partial charge is 0.206 e. The lowest BCUT2D eigenvalue weighted by Gasteiger charge is -2.32. The molecular formula is C27H31F3. The maximum atomic E-state index is 15.0. The Balaban J connectivity index is 1.55. The highest BCUT2D eigenvalue weighted by atomic mass is 19.2. The van der Waals surface area contributed by atoms with Crippen LogP contribution in [-0.4, -0.2) is 0 Å². The van der Waals surface area contributed by atoms with Crippen molar-refractivity contribution in [1.29, 1.82) is 0 Å². The van der Waals surface area contributed by atoms with Gasteiger partial charge in [-0.3, -0.25) is 0 Å². The van der Waals surface area contributed by atoms with Gasteiger partial charge in [0.05, 0.1) is 0 Å². The maximum absolute atomic E-state index is 15.0. The Morgan fingerprint density at radius 1 is 0.867 bits per heavy atom. The Labute approximate surface area is 178 Å². The summed E-state index contributed by atoms with van der Waals surface area (Å²) in [5, 5.41) is 0. The van der Waals surface area contributed by atoms with Crippen LogP contribution < -0.4 is 0 Å². The van der Waals surface area contributed by atoms with Gasteiger partial charge in [0, 0.05) is 11.1 Å². The van der Waals surface area contributed by atoms with Crippen molar-refractivity contribution >= 4 is 0 Å². The van der Waals surface area contributed by atoms with E-state index < -0.39 is 17.5 Å². The van der Waals surface area contributed by atoms with E-state index in [4.69, 9.17) is 0 Å². The van der Waals surface area contributed by atoms with Gasteiger partial charge in [-0.2, -0.15) is 0 Å². The highest BCUT2D eigenvalue weighted by Crippen LogP contribution is 2.39. The monoisotopic (exact) mass is 412 g/mol. The third-order valence-electron chi connectivity index (χ3n) is 7.17. The summed E-state index contributed by atoms with van der Waals surface area (Å²) in [4.78, 5) is 0. The van der Waals surface area contributed by atoms with Crippen molar-refractivity contribution in [3.8, 4) is 11.1 Å². The fourth-order valence-corrected chi connectivity index (χ4v) is 5.37. The van der Waals surface area contributed by atoms with Crippen molar-refractivity contribution in [3.05, 3.63) is 70.1 Å². The van der Waals surface area contributed by atoms with E-state index >= 15 is 0 Å². The van der Waals surface area contributed by atoms with E-state index in [-0.39, 0.29) is 11.1 Å². The Morgan fingerprint density at radius 3 is 2.33 bits per heavy atom. The first kappa shape index (κ1) is 21.2. The molecule has 1 fully saturated rings. The normalized spacial score (nSPS) is 21.3. The molecule has 0 aromatic heterocycles. The van der Waals surface area contributed by atoms with E-state index in [0.717, 1.165) is 29.9 Å². The summed E-state index contributed by atoms with van der Waals surface area (Å²) in [5.41, 5.74) is 3.94. The number of rotatable bonds is 5. The average Bonchev–Trinajstić information content (AvgIpc) is 2.76. The molecule has 3 heteroatoms. The molecule has 0 heterocycles. The van der Waals surface area contributed by atoms with E-state index in [1.165, 1.54) is 50.2 Å². The van der Waals surface area contributed by atoms with Gasteiger partial charge in [0.2, 0.25) is 0 Å². The standard InChI is InChI=1S/C27H31F3/c1-3-5-17-6-8-19(9-7-17)20-10-11-21-15-24(25(28)16-22(21)14-20)23-13-12-18(4-2)26(29)27(23)30/h10,12-13,15-17,19H,3-9,11,14H2,1-2H3. The van der Waals surface area contributed by atoms with Crippen LogP contribution in [0, 0.1) is 29.3 Å². The number of halogens is 3. The fourth-order valence-electron chi connectivity index (χ4n) is 5.37. The molecule has 0 radical (unpaired) electrons. The predicted octanol–water partition coefficient (Wildman–Crippen LogP) is 7.96. The summed E-state index contributed by atoms with van der Waals surface area (Å²) in [6, 6.07) is 6.32. The molecule has 0 bridgehead atoms. The van der Waals surface area contributed by atoms with Crippen LogP contribution in [0.2, 0.25) is 0 Å². The Morgan fingerprint density at radius 2 is 1.63 bits per heavy atom. The molecule has 2 aromatic carbocycles. The predicted molar refractivity (Wildman–Crippen MR) is 117 cm³/mol. The first-order valence-corrected chi connectivity index (χ1v) is 11.5. The van der Waals surface area contributed by atoms with Gasteiger partial charge in [-0.25, -0.2) is 13.2 Å². The van der Waals surface area contributed by atoms with E-state index in [1.54, 1.807) is 25.1 Å². The molecular weight excluding hydrogens is 381 g/mol. The number of allylic oxidation sites excluding steroid dienone is 2. The number of fused-ring (bicyclic) bond motifs is 1. The zero-order chi connectivity index (χ0) is 21.3. The third-order valence-corrected chi connectivity index (χ3v) is 7.17. The number of aryl methyl sites for hydroxylation is 1. The molecule has 0 nitrogen and oxygen atoms in total. The Bertz CT molecular complexity index is 949. The summed E-state index contributed by atoms with van der Waals surface area (Å²) in [6.45, 7) is 4.03. The molecule has 2 aliphatic rings. The molecule has 0 unspecified atom stereocenters. The summed E-state index contributed by atoms with van der Waals surface area (Å²) in [7, 11) is 0. The van der Waals surface area contributed by atoms with Crippen LogP contribution in [-0.2, 0) is 19.3 Å². The van der Waals surface area contributed by atoms with Crippen LogP contribution in [0.15, 0.2) is 35.9 Å². The first-order chi connectivity index (χ1) is 14.5. The molecule has 0 amide bonds. The molecule has 0 aliphatic heterocycles. The molecule has 160 valence electrons. The molecule has 1 saturated carbocycles. The summed E-state index contributed by atoms with van der Waals surface area (Å²) >= 11 is 0. The van der Waals surface area contributed by atoms with Gasteiger partial charge < -0.3 is 0 Å². The van der Waals surface area contributed by atoms with Crippen molar-refractivity contribution in [2.45, 2.75) is 71.6 Å². The van der Waals surface area contributed by atoms with Crippen molar-refractivity contribution in [2.24, 2.45) is 11.8 Å². The quantitative estimate of drug-likeness (QED) is 0.437. The van der Waals surface area contributed by atoms with Crippen LogP contribution in [0.5, 0.6) is 0 Å². The average molecular weight is 413 g/mol. The third kappa shape index (κ3) is 4.08. The van der Waals surface area contributed by atoms with Crippen LogP contribution in [0.1, 0.15) is 69.1 Å². The maximum Gasteiger partial charge on any atom is 0.167 e. The first-order valence-electron chi connectivity index (χ1n) is 11.5. The lowest BCUT2D eigenvalue weighted by molar-refractivity contribution is 0.283. The molecule has 30 heavy (non-hydrogen) atoms. The van der Waals surface area contributed by atoms with Crippen molar-refractivity contribution in [3.63, 3.8) is 0 Å². The van der Waals surface area contributed by atoms with Gasteiger partial charge in [0.25, 0.3) is 0 Å². The molecule has 2 aliphatic carbocycles. The lowest BCUT2D eigenvalue weighted by atomic mass is 9.74. The minimum atomic E-state index is -0.955. The summed E-state index contributed by atoms with van der Waals surface area (Å²) in [5.74, 6) is -0.805. The summed E-state index contributed by atoms with van der Waals surface area (Å²) < 4.78 is 43.8. The van der Waals surface area contributed by atoms with E-state index in [0.29, 0.717) is 17.9 Å². The van der Waals surface area contributed by atoms with Gasteiger partial charge >= 0.3 is 0 Å². The van der Waals surface area contributed by atoms with E-state index in [9.17, 15) is 13.2 Å². The molecule has 4 rings (SSSR count). The molecule has 0 spiro atoms. The number of hydrogen-bond donors (Lipinski definition) is 0. The van der Waals surface area contributed by atoms with Gasteiger partial charge in [0.1, 0.15) is 5.82 Å². The molecule has 0 saturated heterocycles. The second-order valence-corrected chi connectivity index (χ2v) is 9.02. The number of hydrogen-bond acceptors (Lipinski definition) is 0. The second kappa shape index (κ2) is 8.99. The molecule has 0 atom stereocenters. The van der Waals surface area contributed by atoms with Gasteiger partial charge in [-0.1, -0.05) is 50.5 Å². The van der Waals surface area contributed by atoms with Crippen LogP contribution in [0.4, 0.5) is 13.2 Å². The van der Waals surface area contributed by atoms with E-state index in [1.807, 2.05) is 0 Å². The smallest absolute Gasteiger partial charge is 0.167 e. The Hall–Kier alpha value is -2.03. The molecule has 2 aromatic rings. The minimum Gasteiger partial charge on any atom is -0.206 e. The number of benzene rings is 2. The van der Waals surface area contributed by atoms with Gasteiger partial charge in [-0.05, 0) is 85.6 Å². The minimum absolute atomic E-state index is 0.00835. The van der Waals surface area contributed by atoms with Gasteiger partial charge in [0.15, 0.2) is 11.6 Å². The lowest BCUT2D eigenvalue weighted by Crippen LogP contribution is -2.19. The van der Waals surface area contributed by atoms with Crippen molar-refractivity contribution < 1.29 is 13.2 Å². The van der Waals surface area contributed by atoms with Crippen LogP contribution >= 0.6 is 0 Å². The van der Waals surface area contributed by atoms with Crippen LogP contribution in [0.25, 0.3) is 11.1 Å². The highest BCUT2D eigenvalue weighted by molar-refractivity contribution is 5.67. The SMILES string of the molecule is CCCC1CCC(C2=CCc3cc(-c4ccc(CC)c(F)c4F)c(F)cc3C2)CC1. The zero-order valence-electron chi connectivity index (χ0n) is 18.0. The van der Waals surface area contributed by atoms with Crippen molar-refractivity contribution in [2.75, 3.05) is 0 Å². The summed E-state index contributed by atoms with van der Waals surface area (Å²) in [6.07, 6.45) is 11.9.